The first-order chi connectivity index (χ1) is 11.7. The highest BCUT2D eigenvalue weighted by Crippen LogP contribution is 2.25. The Labute approximate surface area is 149 Å². The molecule has 6 heteroatoms. The molecule has 0 aromatic heterocycles. The number of benzene rings is 1. The average Bonchev–Trinajstić information content (AvgIpc) is 3.10. The first-order valence-electron chi connectivity index (χ1n) is 8.66. The van der Waals surface area contributed by atoms with Crippen LogP contribution in [0.5, 0.6) is 0 Å². The summed E-state index contributed by atoms with van der Waals surface area (Å²) in [5.41, 5.74) is 2.00. The number of aliphatic imine (C=N–C) groups is 1. The molecule has 0 aliphatic carbocycles. The van der Waals surface area contributed by atoms with Crippen LogP contribution in [0.15, 0.2) is 29.3 Å². The summed E-state index contributed by atoms with van der Waals surface area (Å²) in [6.45, 7) is 3.67. The molecule has 1 unspecified atom stereocenters. The van der Waals surface area contributed by atoms with Crippen molar-refractivity contribution >= 4 is 29.3 Å². The van der Waals surface area contributed by atoms with Gasteiger partial charge in [0, 0.05) is 37.5 Å². The lowest BCUT2D eigenvalue weighted by Gasteiger charge is -2.15. The van der Waals surface area contributed by atoms with Crippen molar-refractivity contribution < 1.29 is 4.79 Å². The molecule has 1 amide bonds. The van der Waals surface area contributed by atoms with Crippen LogP contribution in [-0.2, 0) is 11.3 Å². The molecule has 2 rings (SSSR count). The molecule has 5 nitrogen and oxygen atoms in total. The molecule has 0 saturated carbocycles. The average molecular weight is 349 g/mol. The van der Waals surface area contributed by atoms with Crippen LogP contribution in [0.2, 0.25) is 0 Å². The maximum Gasteiger partial charge on any atom is 0.224 e. The van der Waals surface area contributed by atoms with E-state index in [0.29, 0.717) is 18.2 Å². The third kappa shape index (κ3) is 6.43. The fourth-order valence-electron chi connectivity index (χ4n) is 2.58. The standard InChI is InChI=1S/C18H28N4OS/c1-3-5-17(23)22-15-9-7-14(8-10-15)12-20-18(19-2)21-13-16-6-4-11-24-16/h7-10,16H,3-6,11-13H2,1-2H3,(H,22,23)(H2,19,20,21). The van der Waals surface area contributed by atoms with Gasteiger partial charge in [-0.1, -0.05) is 19.1 Å². The van der Waals surface area contributed by atoms with E-state index in [2.05, 4.69) is 20.9 Å². The fourth-order valence-corrected chi connectivity index (χ4v) is 3.78. The highest BCUT2D eigenvalue weighted by atomic mass is 32.2. The molecule has 1 fully saturated rings. The van der Waals surface area contributed by atoms with Gasteiger partial charge in [0.2, 0.25) is 5.91 Å². The Morgan fingerprint density at radius 1 is 1.29 bits per heavy atom. The van der Waals surface area contributed by atoms with Crippen molar-refractivity contribution in [1.29, 1.82) is 0 Å². The Balaban J connectivity index is 1.74. The summed E-state index contributed by atoms with van der Waals surface area (Å²) in [4.78, 5) is 15.9. The van der Waals surface area contributed by atoms with E-state index in [1.165, 1.54) is 18.6 Å². The van der Waals surface area contributed by atoms with Gasteiger partial charge in [0.05, 0.1) is 0 Å². The molecule has 1 heterocycles. The lowest BCUT2D eigenvalue weighted by Crippen LogP contribution is -2.39. The summed E-state index contributed by atoms with van der Waals surface area (Å²) in [7, 11) is 1.80. The summed E-state index contributed by atoms with van der Waals surface area (Å²) in [6, 6.07) is 7.93. The monoisotopic (exact) mass is 348 g/mol. The van der Waals surface area contributed by atoms with E-state index >= 15 is 0 Å². The zero-order valence-electron chi connectivity index (χ0n) is 14.6. The summed E-state index contributed by atoms with van der Waals surface area (Å²) in [6.07, 6.45) is 4.04. The highest BCUT2D eigenvalue weighted by Gasteiger charge is 2.15. The zero-order chi connectivity index (χ0) is 17.2. The van der Waals surface area contributed by atoms with Gasteiger partial charge in [0.1, 0.15) is 0 Å². The predicted octanol–water partition coefficient (Wildman–Crippen LogP) is 2.99. The molecule has 3 N–H and O–H groups in total. The molecule has 1 aliphatic heterocycles. The Morgan fingerprint density at radius 2 is 2.08 bits per heavy atom. The molecule has 1 aromatic rings. The number of thioether (sulfide) groups is 1. The molecule has 24 heavy (non-hydrogen) atoms. The number of guanidine groups is 1. The number of nitrogens with zero attached hydrogens (tertiary/aromatic N) is 1. The SMILES string of the molecule is CCCC(=O)Nc1ccc(CNC(=NC)NCC2CCCS2)cc1. The van der Waals surface area contributed by atoms with Crippen LogP contribution in [0.4, 0.5) is 5.69 Å². The number of anilines is 1. The van der Waals surface area contributed by atoms with Crippen molar-refractivity contribution in [2.45, 2.75) is 44.4 Å². The van der Waals surface area contributed by atoms with Gasteiger partial charge in [0.15, 0.2) is 5.96 Å². The van der Waals surface area contributed by atoms with Crippen LogP contribution in [0, 0.1) is 0 Å². The van der Waals surface area contributed by atoms with E-state index in [9.17, 15) is 4.79 Å². The maximum absolute atomic E-state index is 11.6. The number of hydrogen-bond acceptors (Lipinski definition) is 3. The summed E-state index contributed by atoms with van der Waals surface area (Å²) < 4.78 is 0. The molecule has 1 saturated heterocycles. The second-order valence-electron chi connectivity index (χ2n) is 5.94. The number of carbonyl (C=O) groups is 1. The van der Waals surface area contributed by atoms with E-state index in [4.69, 9.17) is 0 Å². The molecule has 1 aliphatic rings. The largest absolute Gasteiger partial charge is 0.355 e. The molecule has 132 valence electrons. The van der Waals surface area contributed by atoms with Crippen LogP contribution in [0.25, 0.3) is 0 Å². The number of rotatable bonds is 7. The summed E-state index contributed by atoms with van der Waals surface area (Å²) in [5.74, 6) is 2.18. The first-order valence-corrected chi connectivity index (χ1v) is 9.71. The second-order valence-corrected chi connectivity index (χ2v) is 7.35. The van der Waals surface area contributed by atoms with Crippen molar-refractivity contribution in [3.8, 4) is 0 Å². The molecule has 0 spiro atoms. The number of hydrogen-bond donors (Lipinski definition) is 3. The summed E-state index contributed by atoms with van der Waals surface area (Å²) >= 11 is 2.04. The Bertz CT molecular complexity index is 538. The fraction of sp³-hybridized carbons (Fsp3) is 0.556. The third-order valence-electron chi connectivity index (χ3n) is 3.92. The van der Waals surface area contributed by atoms with Crippen LogP contribution < -0.4 is 16.0 Å². The van der Waals surface area contributed by atoms with Crippen molar-refractivity contribution in [3.63, 3.8) is 0 Å². The number of amides is 1. The Kier molecular flexibility index (Phi) is 7.95. The molecular formula is C18H28N4OS. The van der Waals surface area contributed by atoms with Crippen LogP contribution in [-0.4, -0.2) is 36.5 Å². The van der Waals surface area contributed by atoms with E-state index < -0.39 is 0 Å². The number of nitrogens with one attached hydrogen (secondary N) is 3. The van der Waals surface area contributed by atoms with Gasteiger partial charge in [-0.2, -0.15) is 11.8 Å². The second kappa shape index (κ2) is 10.2. The van der Waals surface area contributed by atoms with E-state index in [-0.39, 0.29) is 5.91 Å². The van der Waals surface area contributed by atoms with Gasteiger partial charge in [-0.3, -0.25) is 9.79 Å². The van der Waals surface area contributed by atoms with Gasteiger partial charge >= 0.3 is 0 Å². The van der Waals surface area contributed by atoms with Crippen molar-refractivity contribution in [1.82, 2.24) is 10.6 Å². The summed E-state index contributed by atoms with van der Waals surface area (Å²) in [5, 5.41) is 10.3. The van der Waals surface area contributed by atoms with Gasteiger partial charge in [-0.05, 0) is 42.7 Å². The zero-order valence-corrected chi connectivity index (χ0v) is 15.4. The lowest BCUT2D eigenvalue weighted by molar-refractivity contribution is -0.116. The molecular weight excluding hydrogens is 320 g/mol. The molecule has 0 bridgehead atoms. The van der Waals surface area contributed by atoms with E-state index in [1.807, 2.05) is 43.0 Å². The van der Waals surface area contributed by atoms with E-state index in [1.54, 1.807) is 7.05 Å². The van der Waals surface area contributed by atoms with Crippen molar-refractivity contribution in [2.75, 3.05) is 24.7 Å². The smallest absolute Gasteiger partial charge is 0.224 e. The molecule has 1 atom stereocenters. The quantitative estimate of drug-likeness (QED) is 0.523. The topological polar surface area (TPSA) is 65.5 Å². The first kappa shape index (κ1) is 18.6. The lowest BCUT2D eigenvalue weighted by atomic mass is 10.2. The third-order valence-corrected chi connectivity index (χ3v) is 5.32. The van der Waals surface area contributed by atoms with Gasteiger partial charge in [0.25, 0.3) is 0 Å². The minimum atomic E-state index is 0.0674. The Hall–Kier alpha value is -1.69. The van der Waals surface area contributed by atoms with Gasteiger partial charge in [-0.15, -0.1) is 0 Å². The number of carbonyl (C=O) groups excluding carboxylic acids is 1. The normalized spacial score (nSPS) is 17.6. The maximum atomic E-state index is 11.6. The van der Waals surface area contributed by atoms with Crippen LogP contribution in [0.1, 0.15) is 38.2 Å². The van der Waals surface area contributed by atoms with E-state index in [0.717, 1.165) is 30.2 Å². The van der Waals surface area contributed by atoms with Gasteiger partial charge in [-0.25, -0.2) is 0 Å². The minimum Gasteiger partial charge on any atom is -0.355 e. The predicted molar refractivity (Wildman–Crippen MR) is 104 cm³/mol. The Morgan fingerprint density at radius 3 is 2.71 bits per heavy atom. The minimum absolute atomic E-state index is 0.0674. The molecule has 1 aromatic carbocycles. The highest BCUT2D eigenvalue weighted by molar-refractivity contribution is 8.00. The van der Waals surface area contributed by atoms with Crippen LogP contribution in [0.3, 0.4) is 0 Å². The van der Waals surface area contributed by atoms with Gasteiger partial charge < -0.3 is 16.0 Å². The van der Waals surface area contributed by atoms with Crippen LogP contribution >= 0.6 is 11.8 Å². The van der Waals surface area contributed by atoms with Crippen molar-refractivity contribution in [2.24, 2.45) is 4.99 Å². The molecule has 0 radical (unpaired) electrons. The van der Waals surface area contributed by atoms with Crippen molar-refractivity contribution in [3.05, 3.63) is 29.8 Å².